The normalized spacial score (nSPS) is 30.6. The summed E-state index contributed by atoms with van der Waals surface area (Å²) in [6.45, 7) is 3.67. The van der Waals surface area contributed by atoms with Crippen LogP contribution in [0.15, 0.2) is 24.3 Å². The average Bonchev–Trinajstić information content (AvgIpc) is 3.05. The number of rotatable bonds is 4. The fourth-order valence-corrected chi connectivity index (χ4v) is 3.86. The van der Waals surface area contributed by atoms with Gasteiger partial charge in [0.15, 0.2) is 0 Å². The third-order valence-electron chi connectivity index (χ3n) is 5.17. The molecule has 1 aliphatic carbocycles. The summed E-state index contributed by atoms with van der Waals surface area (Å²) >= 11 is 0. The first-order valence-electron chi connectivity index (χ1n) is 8.00. The molecule has 4 nitrogen and oxygen atoms in total. The largest absolute Gasteiger partial charge is 0.378 e. The number of carbonyl (C=O) groups is 1. The lowest BCUT2D eigenvalue weighted by atomic mass is 9.76. The van der Waals surface area contributed by atoms with Gasteiger partial charge in [-0.2, -0.15) is 0 Å². The van der Waals surface area contributed by atoms with E-state index in [-0.39, 0.29) is 5.91 Å². The number of nitrogens with one attached hydrogen (secondary N) is 1. The van der Waals surface area contributed by atoms with Gasteiger partial charge >= 0.3 is 0 Å². The van der Waals surface area contributed by atoms with E-state index in [0.29, 0.717) is 24.5 Å². The molecule has 2 fully saturated rings. The lowest BCUT2D eigenvalue weighted by Crippen LogP contribution is -2.53. The zero-order chi connectivity index (χ0) is 14.2. The second-order valence-corrected chi connectivity index (χ2v) is 6.50. The molecule has 3 aliphatic rings. The first-order valence-corrected chi connectivity index (χ1v) is 8.00. The zero-order valence-corrected chi connectivity index (χ0v) is 12.3. The Morgan fingerprint density at radius 1 is 1.29 bits per heavy atom. The summed E-state index contributed by atoms with van der Waals surface area (Å²) < 4.78 is 5.58. The van der Waals surface area contributed by atoms with Crippen LogP contribution in [-0.4, -0.2) is 36.1 Å². The smallest absolute Gasteiger partial charge is 0.221 e. The van der Waals surface area contributed by atoms with Crippen LogP contribution in [0.5, 0.6) is 0 Å². The first kappa shape index (κ1) is 13.3. The van der Waals surface area contributed by atoms with Crippen LogP contribution in [0, 0.1) is 5.92 Å². The summed E-state index contributed by atoms with van der Waals surface area (Å²) in [5.41, 5.74) is 2.81. The zero-order valence-electron chi connectivity index (χ0n) is 12.3. The van der Waals surface area contributed by atoms with Crippen molar-refractivity contribution in [3.8, 4) is 0 Å². The van der Waals surface area contributed by atoms with E-state index in [1.165, 1.54) is 11.1 Å². The van der Waals surface area contributed by atoms with Crippen molar-refractivity contribution >= 4 is 5.91 Å². The Morgan fingerprint density at radius 3 is 2.76 bits per heavy atom. The van der Waals surface area contributed by atoms with Gasteiger partial charge < -0.3 is 10.1 Å². The number of carbonyl (C=O) groups excluding carboxylic acids is 1. The fourth-order valence-electron chi connectivity index (χ4n) is 3.86. The molecule has 4 rings (SSSR count). The molecule has 0 unspecified atom stereocenters. The quantitative estimate of drug-likeness (QED) is 0.916. The summed E-state index contributed by atoms with van der Waals surface area (Å²) in [5, 5.41) is 3.19. The maximum atomic E-state index is 12.1. The predicted octanol–water partition coefficient (Wildman–Crippen LogP) is 1.69. The monoisotopic (exact) mass is 286 g/mol. The molecule has 112 valence electrons. The molecule has 0 spiro atoms. The number of nitrogens with zero attached hydrogens (tertiary/aromatic N) is 1. The molecule has 1 aromatic carbocycles. The van der Waals surface area contributed by atoms with E-state index in [2.05, 4.69) is 34.5 Å². The van der Waals surface area contributed by atoms with Gasteiger partial charge in [-0.05, 0) is 24.0 Å². The average molecular weight is 286 g/mol. The van der Waals surface area contributed by atoms with E-state index in [9.17, 15) is 4.79 Å². The van der Waals surface area contributed by atoms with Gasteiger partial charge in [0.2, 0.25) is 5.91 Å². The number of benzene rings is 1. The fraction of sp³-hybridized carbons (Fsp3) is 0.588. The second kappa shape index (κ2) is 5.43. The third-order valence-corrected chi connectivity index (χ3v) is 5.17. The number of hydrogen-bond acceptors (Lipinski definition) is 3. The molecule has 0 aromatic heterocycles. The van der Waals surface area contributed by atoms with Crippen molar-refractivity contribution in [1.82, 2.24) is 10.2 Å². The lowest BCUT2D eigenvalue weighted by Gasteiger charge is -2.39. The molecule has 1 saturated heterocycles. The van der Waals surface area contributed by atoms with Gasteiger partial charge in [-0.3, -0.25) is 9.69 Å². The molecule has 2 heterocycles. The Labute approximate surface area is 125 Å². The third kappa shape index (κ3) is 2.58. The van der Waals surface area contributed by atoms with Crippen LogP contribution in [0.1, 0.15) is 30.4 Å². The maximum Gasteiger partial charge on any atom is 0.221 e. The van der Waals surface area contributed by atoms with Crippen molar-refractivity contribution in [1.29, 1.82) is 0 Å². The highest BCUT2D eigenvalue weighted by Gasteiger charge is 2.45. The summed E-state index contributed by atoms with van der Waals surface area (Å²) in [6, 6.07) is 8.91. The Morgan fingerprint density at radius 2 is 2.05 bits per heavy atom. The van der Waals surface area contributed by atoms with Crippen LogP contribution in [-0.2, 0) is 22.6 Å². The molecule has 3 atom stereocenters. The highest BCUT2D eigenvalue weighted by atomic mass is 16.5. The molecule has 0 bridgehead atoms. The van der Waals surface area contributed by atoms with Gasteiger partial charge in [-0.25, -0.2) is 0 Å². The Bertz CT molecular complexity index is 520. The minimum absolute atomic E-state index is 0.196. The topological polar surface area (TPSA) is 41.6 Å². The minimum Gasteiger partial charge on any atom is -0.378 e. The molecule has 1 amide bonds. The van der Waals surface area contributed by atoms with Gasteiger partial charge in [0.25, 0.3) is 0 Å². The van der Waals surface area contributed by atoms with Crippen LogP contribution in [0.25, 0.3) is 0 Å². The van der Waals surface area contributed by atoms with E-state index in [1.807, 2.05) is 0 Å². The van der Waals surface area contributed by atoms with Crippen LogP contribution < -0.4 is 5.32 Å². The van der Waals surface area contributed by atoms with E-state index < -0.39 is 0 Å². The SMILES string of the molecule is O=C(CCN1Cc2ccccc2C1)N[C@@H]1C[C@H]2OCC[C@@H]12. The second-order valence-electron chi connectivity index (χ2n) is 6.50. The molecule has 4 heteroatoms. The number of fused-ring (bicyclic) bond motifs is 2. The van der Waals surface area contributed by atoms with Gasteiger partial charge in [-0.15, -0.1) is 0 Å². The van der Waals surface area contributed by atoms with E-state index in [1.54, 1.807) is 0 Å². The van der Waals surface area contributed by atoms with Gasteiger partial charge in [0.1, 0.15) is 0 Å². The number of hydrogen-bond donors (Lipinski definition) is 1. The molecule has 0 radical (unpaired) electrons. The molecule has 2 aliphatic heterocycles. The van der Waals surface area contributed by atoms with E-state index in [0.717, 1.165) is 39.1 Å². The van der Waals surface area contributed by atoms with Crippen LogP contribution >= 0.6 is 0 Å². The molecular weight excluding hydrogens is 264 g/mol. The van der Waals surface area contributed by atoms with Gasteiger partial charge in [-0.1, -0.05) is 24.3 Å². The molecule has 1 N–H and O–H groups in total. The standard InChI is InChI=1S/C17H22N2O2/c20-17(18-15-9-16-14(15)6-8-21-16)5-7-19-10-12-3-1-2-4-13(12)11-19/h1-4,14-16H,5-11H2,(H,18,20)/t14-,15+,16+/m0/s1. The van der Waals surface area contributed by atoms with Crippen molar-refractivity contribution in [3.63, 3.8) is 0 Å². The molecule has 1 saturated carbocycles. The van der Waals surface area contributed by atoms with E-state index >= 15 is 0 Å². The van der Waals surface area contributed by atoms with Gasteiger partial charge in [0, 0.05) is 44.6 Å². The minimum atomic E-state index is 0.196. The molecule has 1 aromatic rings. The summed E-state index contributed by atoms with van der Waals surface area (Å²) in [7, 11) is 0. The molecular formula is C17H22N2O2. The Hall–Kier alpha value is -1.39. The van der Waals surface area contributed by atoms with Crippen molar-refractivity contribution in [2.45, 2.75) is 44.5 Å². The Balaban J connectivity index is 1.22. The highest BCUT2D eigenvalue weighted by Crippen LogP contribution is 2.38. The number of amides is 1. The van der Waals surface area contributed by atoms with Gasteiger partial charge in [0.05, 0.1) is 6.10 Å². The highest BCUT2D eigenvalue weighted by molar-refractivity contribution is 5.76. The van der Waals surface area contributed by atoms with E-state index in [4.69, 9.17) is 4.74 Å². The number of ether oxygens (including phenoxy) is 1. The van der Waals surface area contributed by atoms with Crippen LogP contribution in [0.4, 0.5) is 0 Å². The Kier molecular flexibility index (Phi) is 3.43. The lowest BCUT2D eigenvalue weighted by molar-refractivity contribution is -0.124. The van der Waals surface area contributed by atoms with Crippen molar-refractivity contribution in [3.05, 3.63) is 35.4 Å². The van der Waals surface area contributed by atoms with Crippen LogP contribution in [0.2, 0.25) is 0 Å². The predicted molar refractivity (Wildman–Crippen MR) is 79.6 cm³/mol. The maximum absolute atomic E-state index is 12.1. The summed E-state index contributed by atoms with van der Waals surface area (Å²) in [4.78, 5) is 14.4. The van der Waals surface area contributed by atoms with Crippen molar-refractivity contribution in [2.24, 2.45) is 5.92 Å². The summed E-state index contributed by atoms with van der Waals surface area (Å²) in [5.74, 6) is 0.770. The van der Waals surface area contributed by atoms with Crippen molar-refractivity contribution < 1.29 is 9.53 Å². The molecule has 21 heavy (non-hydrogen) atoms. The summed E-state index contributed by atoms with van der Waals surface area (Å²) in [6.07, 6.45) is 3.13. The van der Waals surface area contributed by atoms with Crippen LogP contribution in [0.3, 0.4) is 0 Å². The first-order chi connectivity index (χ1) is 10.3. The van der Waals surface area contributed by atoms with Crippen molar-refractivity contribution in [2.75, 3.05) is 13.2 Å².